The molecule has 0 aromatic heterocycles. The normalized spacial score (nSPS) is 19.0. The van der Waals surface area contributed by atoms with E-state index in [-0.39, 0.29) is 23.1 Å². The molecule has 2 unspecified atom stereocenters. The van der Waals surface area contributed by atoms with Crippen LogP contribution in [0.2, 0.25) is 0 Å². The first kappa shape index (κ1) is 24.5. The summed E-state index contributed by atoms with van der Waals surface area (Å²) in [5.41, 5.74) is -5.30. The van der Waals surface area contributed by atoms with Gasteiger partial charge in [-0.25, -0.2) is 14.4 Å². The molecule has 9 nitrogen and oxygen atoms in total. The Hall–Kier alpha value is -2.49. The number of aliphatic hydroxyl groups excluding tert-OH is 2. The zero-order valence-corrected chi connectivity index (χ0v) is 15.6. The third-order valence-electron chi connectivity index (χ3n) is 4.57. The van der Waals surface area contributed by atoms with Crippen LogP contribution in [0.5, 0.6) is 0 Å². The van der Waals surface area contributed by atoms with Crippen LogP contribution in [0.3, 0.4) is 0 Å². The van der Waals surface area contributed by atoms with E-state index in [0.717, 1.165) is 32.1 Å². The van der Waals surface area contributed by atoms with Crippen LogP contribution in [0.1, 0.15) is 34.1 Å². The molecule has 0 radical (unpaired) electrons. The zero-order valence-electron chi connectivity index (χ0n) is 15.6. The quantitative estimate of drug-likeness (QED) is 0.293. The predicted octanol–water partition coefficient (Wildman–Crippen LogP) is 0.560. The molecule has 0 saturated heterocycles. The second-order valence-electron chi connectivity index (χ2n) is 6.36. The Morgan fingerprint density at radius 1 is 0.889 bits per heavy atom. The summed E-state index contributed by atoms with van der Waals surface area (Å²) in [7, 11) is 0. The van der Waals surface area contributed by atoms with Gasteiger partial charge in [-0.05, 0) is 45.4 Å². The van der Waals surface area contributed by atoms with Crippen LogP contribution >= 0.6 is 0 Å². The topological polar surface area (TPSA) is 173 Å². The molecule has 0 saturated carbocycles. The van der Waals surface area contributed by atoms with Crippen molar-refractivity contribution in [3.05, 3.63) is 34.9 Å². The van der Waals surface area contributed by atoms with Gasteiger partial charge in [0.25, 0.3) is 0 Å². The third-order valence-corrected chi connectivity index (χ3v) is 4.57. The van der Waals surface area contributed by atoms with Crippen LogP contribution in [-0.4, -0.2) is 66.9 Å². The van der Waals surface area contributed by atoms with E-state index in [4.69, 9.17) is 15.3 Å². The molecule has 152 valence electrons. The highest BCUT2D eigenvalue weighted by Crippen LogP contribution is 2.42. The lowest BCUT2D eigenvalue weighted by Gasteiger charge is -2.45. The summed E-state index contributed by atoms with van der Waals surface area (Å²) in [5.74, 6) is -4.14. The highest BCUT2D eigenvalue weighted by Gasteiger charge is 2.51. The molecule has 0 rings (SSSR count). The predicted molar refractivity (Wildman–Crippen MR) is 94.9 cm³/mol. The lowest BCUT2D eigenvalue weighted by Crippen LogP contribution is -2.55. The molecule has 27 heavy (non-hydrogen) atoms. The van der Waals surface area contributed by atoms with Crippen LogP contribution in [0, 0.1) is 5.41 Å². The fourth-order valence-corrected chi connectivity index (χ4v) is 2.64. The summed E-state index contributed by atoms with van der Waals surface area (Å²) in [6.45, 7) is 4.08. The van der Waals surface area contributed by atoms with Gasteiger partial charge >= 0.3 is 17.9 Å². The average molecular weight is 386 g/mol. The minimum Gasteiger partial charge on any atom is -0.478 e. The van der Waals surface area contributed by atoms with Crippen molar-refractivity contribution in [2.24, 2.45) is 5.41 Å². The molecule has 0 aromatic carbocycles. The van der Waals surface area contributed by atoms with Crippen molar-refractivity contribution in [3.8, 4) is 0 Å². The molecule has 0 aliphatic rings. The van der Waals surface area contributed by atoms with E-state index in [1.807, 2.05) is 0 Å². The Morgan fingerprint density at radius 2 is 1.26 bits per heavy atom. The summed E-state index contributed by atoms with van der Waals surface area (Å²) in [6.07, 6.45) is 0.686. The maximum absolute atomic E-state index is 11.2. The first-order chi connectivity index (χ1) is 12.3. The SMILES string of the molecule is CCC(CO)(C(O)C=C(C)C(=O)O)C(O)(C=C(C)C(=O)O)C=C(C)C(=O)O. The molecule has 0 fully saturated rings. The number of hydrogen-bond acceptors (Lipinski definition) is 6. The zero-order chi connectivity index (χ0) is 21.6. The molecular formula is C18H26O9. The van der Waals surface area contributed by atoms with Crippen molar-refractivity contribution in [1.29, 1.82) is 0 Å². The van der Waals surface area contributed by atoms with Gasteiger partial charge in [0.15, 0.2) is 0 Å². The van der Waals surface area contributed by atoms with Crippen molar-refractivity contribution >= 4 is 17.9 Å². The van der Waals surface area contributed by atoms with Gasteiger partial charge in [0.2, 0.25) is 0 Å². The van der Waals surface area contributed by atoms with Gasteiger partial charge in [-0.2, -0.15) is 0 Å². The molecular weight excluding hydrogens is 360 g/mol. The Bertz CT molecular complexity index is 651. The first-order valence-electron chi connectivity index (χ1n) is 8.06. The Labute approximate surface area is 156 Å². The highest BCUT2D eigenvalue weighted by molar-refractivity contribution is 5.88. The van der Waals surface area contributed by atoms with E-state index in [0.29, 0.717) is 0 Å². The summed E-state index contributed by atoms with van der Waals surface area (Å²) >= 11 is 0. The van der Waals surface area contributed by atoms with E-state index in [2.05, 4.69) is 0 Å². The molecule has 0 heterocycles. The van der Waals surface area contributed by atoms with Crippen LogP contribution in [0.25, 0.3) is 0 Å². The maximum Gasteiger partial charge on any atom is 0.331 e. The fraction of sp³-hybridized carbons (Fsp3) is 0.500. The number of carbonyl (C=O) groups is 3. The van der Waals surface area contributed by atoms with Crippen LogP contribution in [-0.2, 0) is 14.4 Å². The molecule has 2 atom stereocenters. The molecule has 0 spiro atoms. The molecule has 9 heteroatoms. The lowest BCUT2D eigenvalue weighted by molar-refractivity contribution is -0.133. The van der Waals surface area contributed by atoms with E-state index in [9.17, 15) is 29.7 Å². The standard InChI is InChI=1S/C18H26O9/c1-5-17(9-19,13(20)6-10(2)14(21)22)18(27,7-11(3)15(23)24)8-12(4)16(25)26/h6-8,13,19-20,27H,5,9H2,1-4H3,(H,21,22)(H,23,24)(H,25,26). The highest BCUT2D eigenvalue weighted by atomic mass is 16.4. The number of aliphatic hydroxyl groups is 3. The Kier molecular flexibility index (Phi) is 8.58. The Morgan fingerprint density at radius 3 is 1.52 bits per heavy atom. The minimum atomic E-state index is -2.41. The van der Waals surface area contributed by atoms with E-state index < -0.39 is 41.6 Å². The molecule has 0 aliphatic carbocycles. The third kappa shape index (κ3) is 5.49. The number of hydrogen-bond donors (Lipinski definition) is 6. The fourth-order valence-electron chi connectivity index (χ4n) is 2.64. The van der Waals surface area contributed by atoms with Crippen molar-refractivity contribution in [2.75, 3.05) is 6.61 Å². The average Bonchev–Trinajstić information content (AvgIpc) is 2.55. The lowest BCUT2D eigenvalue weighted by atomic mass is 9.65. The summed E-state index contributed by atoms with van der Waals surface area (Å²) in [6, 6.07) is 0. The van der Waals surface area contributed by atoms with Gasteiger partial charge in [-0.1, -0.05) is 6.92 Å². The van der Waals surface area contributed by atoms with E-state index >= 15 is 0 Å². The molecule has 0 amide bonds. The van der Waals surface area contributed by atoms with Crippen molar-refractivity contribution in [2.45, 2.75) is 45.8 Å². The van der Waals surface area contributed by atoms with Gasteiger partial charge in [0.1, 0.15) is 5.60 Å². The molecule has 6 N–H and O–H groups in total. The van der Waals surface area contributed by atoms with E-state index in [1.54, 1.807) is 0 Å². The summed E-state index contributed by atoms with van der Waals surface area (Å²) in [4.78, 5) is 33.5. The van der Waals surface area contributed by atoms with Crippen molar-refractivity contribution in [3.63, 3.8) is 0 Å². The molecule has 0 aliphatic heterocycles. The number of aliphatic carboxylic acids is 3. The maximum atomic E-state index is 11.2. The second-order valence-corrected chi connectivity index (χ2v) is 6.36. The number of carboxylic acids is 3. The summed E-state index contributed by atoms with van der Waals surface area (Å²) in [5, 5.41) is 59.0. The van der Waals surface area contributed by atoms with Gasteiger partial charge in [-0.3, -0.25) is 0 Å². The molecule has 0 bridgehead atoms. The van der Waals surface area contributed by atoms with Crippen molar-refractivity contribution in [1.82, 2.24) is 0 Å². The van der Waals surface area contributed by atoms with Gasteiger partial charge in [0, 0.05) is 16.7 Å². The van der Waals surface area contributed by atoms with E-state index in [1.165, 1.54) is 13.8 Å². The number of rotatable bonds is 10. The van der Waals surface area contributed by atoms with Gasteiger partial charge in [0.05, 0.1) is 18.1 Å². The van der Waals surface area contributed by atoms with Gasteiger partial charge in [-0.15, -0.1) is 0 Å². The smallest absolute Gasteiger partial charge is 0.331 e. The van der Waals surface area contributed by atoms with Crippen molar-refractivity contribution < 1.29 is 45.0 Å². The monoisotopic (exact) mass is 386 g/mol. The minimum absolute atomic E-state index is 0.142. The largest absolute Gasteiger partial charge is 0.478 e. The summed E-state index contributed by atoms with van der Waals surface area (Å²) < 4.78 is 0. The first-order valence-corrected chi connectivity index (χ1v) is 8.06. The second kappa shape index (κ2) is 9.45. The van der Waals surface area contributed by atoms with Crippen LogP contribution in [0.15, 0.2) is 34.9 Å². The van der Waals surface area contributed by atoms with Crippen LogP contribution in [0.4, 0.5) is 0 Å². The molecule has 0 aromatic rings. The number of carboxylic acid groups (broad SMARTS) is 3. The van der Waals surface area contributed by atoms with Gasteiger partial charge < -0.3 is 30.6 Å². The van der Waals surface area contributed by atoms with Crippen LogP contribution < -0.4 is 0 Å². The Balaban J connectivity index is 6.84.